The molecule has 10 heteroatoms. The normalized spacial score (nSPS) is 36.1. The molecular formula is C28H45N5O4S. The molecule has 1 aliphatic carbocycles. The average molecular weight is 548 g/mol. The first-order valence-corrected chi connectivity index (χ1v) is 15.9. The number of aryl methyl sites for hydroxylation is 2. The number of carbonyl (C=O) groups excluding carboxylic acids is 1. The van der Waals surface area contributed by atoms with Gasteiger partial charge in [-0.3, -0.25) is 15.4 Å². The van der Waals surface area contributed by atoms with E-state index in [0.717, 1.165) is 25.8 Å². The summed E-state index contributed by atoms with van der Waals surface area (Å²) in [5.41, 5.74) is 3.52. The minimum absolute atomic E-state index is 0.0763. The second kappa shape index (κ2) is 11.5. The van der Waals surface area contributed by atoms with Crippen molar-refractivity contribution in [1.29, 1.82) is 0 Å². The molecular weight excluding hydrogens is 502 g/mol. The van der Waals surface area contributed by atoms with Crippen LogP contribution in [0, 0.1) is 25.7 Å². The fraction of sp³-hybridized carbons (Fsp3) is 0.750. The van der Waals surface area contributed by atoms with Crippen molar-refractivity contribution >= 4 is 15.9 Å². The van der Waals surface area contributed by atoms with Crippen molar-refractivity contribution in [1.82, 2.24) is 25.6 Å². The van der Waals surface area contributed by atoms with E-state index in [9.17, 15) is 13.2 Å². The van der Waals surface area contributed by atoms with Gasteiger partial charge in [0.25, 0.3) is 0 Å². The number of rotatable bonds is 3. The van der Waals surface area contributed by atoms with Crippen LogP contribution in [0.1, 0.15) is 75.1 Å². The quantitative estimate of drug-likeness (QED) is 0.459. The van der Waals surface area contributed by atoms with Crippen LogP contribution < -0.4 is 20.7 Å². The van der Waals surface area contributed by atoms with Crippen molar-refractivity contribution in [3.05, 3.63) is 34.9 Å². The van der Waals surface area contributed by atoms with Gasteiger partial charge in [0.15, 0.2) is 0 Å². The minimum Gasteiger partial charge on any atom is -0.357 e. The topological polar surface area (TPSA) is 112 Å². The van der Waals surface area contributed by atoms with Crippen LogP contribution in [-0.2, 0) is 19.6 Å². The highest BCUT2D eigenvalue weighted by Gasteiger charge is 2.42. The van der Waals surface area contributed by atoms with Gasteiger partial charge in [0, 0.05) is 44.1 Å². The van der Waals surface area contributed by atoms with Crippen LogP contribution in [0.15, 0.2) is 18.2 Å². The molecule has 0 radical (unpaired) electrons. The molecule has 7 atom stereocenters. The molecule has 3 aliphatic heterocycles. The van der Waals surface area contributed by atoms with Crippen LogP contribution in [0.2, 0.25) is 0 Å². The Morgan fingerprint density at radius 3 is 2.58 bits per heavy atom. The number of fused-ring (bicyclic) bond motifs is 6. The Hall–Kier alpha value is -1.56. The van der Waals surface area contributed by atoms with Crippen molar-refractivity contribution in [2.75, 3.05) is 19.6 Å². The average Bonchev–Trinajstić information content (AvgIpc) is 3.04. The third kappa shape index (κ3) is 6.10. The predicted octanol–water partition coefficient (Wildman–Crippen LogP) is 2.26. The lowest BCUT2D eigenvalue weighted by Crippen LogP contribution is -2.64. The number of hydrogen-bond donors (Lipinski definition) is 4. The number of amides is 1. The SMILES string of the molecule is Cc1cccc(C)c1C1CC2NC(N1)NS(=O)(=O)C1CCCC(C1)C(=O)N1C[C@@H](CNC[C@@H]1CC(C)C)O2. The molecule has 0 spiro atoms. The van der Waals surface area contributed by atoms with E-state index < -0.39 is 21.6 Å². The molecule has 3 heterocycles. The number of ether oxygens (including phenoxy) is 1. The smallest absolute Gasteiger partial charge is 0.226 e. The number of carbonyl (C=O) groups is 1. The van der Waals surface area contributed by atoms with Crippen molar-refractivity contribution in [2.24, 2.45) is 11.8 Å². The molecule has 5 rings (SSSR count). The van der Waals surface area contributed by atoms with E-state index in [2.05, 4.69) is 66.6 Å². The second-order valence-electron chi connectivity index (χ2n) is 12.2. The van der Waals surface area contributed by atoms with Gasteiger partial charge in [0.1, 0.15) is 12.5 Å². The molecule has 6 bridgehead atoms. The monoisotopic (exact) mass is 547 g/mol. The van der Waals surface area contributed by atoms with E-state index in [-0.39, 0.29) is 36.2 Å². The molecule has 5 unspecified atom stereocenters. The first-order valence-electron chi connectivity index (χ1n) is 14.4. The van der Waals surface area contributed by atoms with E-state index in [1.54, 1.807) is 0 Å². The summed E-state index contributed by atoms with van der Waals surface area (Å²) >= 11 is 0. The van der Waals surface area contributed by atoms with E-state index in [0.29, 0.717) is 38.3 Å². The van der Waals surface area contributed by atoms with E-state index in [1.807, 2.05) is 4.90 Å². The molecule has 4 aliphatic rings. The Bertz CT molecular complexity index is 1090. The molecule has 38 heavy (non-hydrogen) atoms. The fourth-order valence-corrected chi connectivity index (χ4v) is 8.59. The number of nitrogens with one attached hydrogen (secondary N) is 4. The predicted molar refractivity (Wildman–Crippen MR) is 148 cm³/mol. The molecule has 0 aromatic heterocycles. The Kier molecular flexibility index (Phi) is 8.47. The van der Waals surface area contributed by atoms with Gasteiger partial charge in [-0.15, -0.1) is 0 Å². The lowest BCUT2D eigenvalue weighted by Gasteiger charge is -2.40. The second-order valence-corrected chi connectivity index (χ2v) is 14.2. The van der Waals surface area contributed by atoms with Crippen molar-refractivity contribution in [2.45, 2.75) is 102 Å². The summed E-state index contributed by atoms with van der Waals surface area (Å²) < 4.78 is 36.8. The van der Waals surface area contributed by atoms with Gasteiger partial charge in [0.05, 0.1) is 11.4 Å². The maximum Gasteiger partial charge on any atom is 0.226 e. The molecule has 3 saturated heterocycles. The molecule has 212 valence electrons. The summed E-state index contributed by atoms with van der Waals surface area (Å²) in [6.45, 7) is 10.5. The van der Waals surface area contributed by atoms with Crippen molar-refractivity contribution in [3.63, 3.8) is 0 Å². The van der Waals surface area contributed by atoms with Crippen LogP contribution in [0.25, 0.3) is 0 Å². The molecule has 4 fully saturated rings. The Labute approximate surface area is 227 Å². The van der Waals surface area contributed by atoms with Crippen LogP contribution in [-0.4, -0.2) is 68.8 Å². The zero-order chi connectivity index (χ0) is 27.0. The number of hydrogen-bond acceptors (Lipinski definition) is 7. The Morgan fingerprint density at radius 2 is 1.84 bits per heavy atom. The maximum atomic E-state index is 14.0. The molecule has 1 aromatic carbocycles. The molecule has 9 nitrogen and oxygen atoms in total. The molecule has 1 aromatic rings. The van der Waals surface area contributed by atoms with Crippen LogP contribution in [0.3, 0.4) is 0 Å². The molecule has 1 saturated carbocycles. The van der Waals surface area contributed by atoms with Gasteiger partial charge in [-0.25, -0.2) is 8.42 Å². The van der Waals surface area contributed by atoms with Gasteiger partial charge in [0.2, 0.25) is 15.9 Å². The van der Waals surface area contributed by atoms with Gasteiger partial charge < -0.3 is 15.0 Å². The largest absolute Gasteiger partial charge is 0.357 e. The first kappa shape index (κ1) is 28.0. The van der Waals surface area contributed by atoms with Gasteiger partial charge in [-0.05, 0) is 62.1 Å². The summed E-state index contributed by atoms with van der Waals surface area (Å²) in [6, 6.07) is 6.24. The van der Waals surface area contributed by atoms with E-state index in [4.69, 9.17) is 4.74 Å². The fourth-order valence-electron chi connectivity index (χ4n) is 6.97. The Balaban J connectivity index is 1.50. The van der Waals surface area contributed by atoms with E-state index in [1.165, 1.54) is 16.7 Å². The molecule has 1 amide bonds. The number of benzene rings is 1. The highest BCUT2D eigenvalue weighted by molar-refractivity contribution is 7.90. The number of sulfonamides is 1. The summed E-state index contributed by atoms with van der Waals surface area (Å²) in [5, 5.41) is 9.87. The standard InChI is InChI=1S/C28H45N5O4S/c1-17(2)11-21-14-29-15-22-16-33(21)27(34)20-9-6-10-23(12-20)38(35,36)32-28-30-24(13-25(31-28)37-22)26-18(3)7-5-8-19(26)4/h5,7-8,17,20-25,28-32H,6,9-16H2,1-4H3/t20?,21-,22+,23?,24?,25?,28?/m0/s1. The number of nitrogens with zero attached hydrogens (tertiary/aromatic N) is 1. The van der Waals surface area contributed by atoms with Crippen LogP contribution in [0.5, 0.6) is 0 Å². The Morgan fingerprint density at radius 1 is 1.08 bits per heavy atom. The van der Waals surface area contributed by atoms with Crippen molar-refractivity contribution < 1.29 is 17.9 Å². The lowest BCUT2D eigenvalue weighted by molar-refractivity contribution is -0.142. The van der Waals surface area contributed by atoms with Crippen molar-refractivity contribution in [3.8, 4) is 0 Å². The summed E-state index contributed by atoms with van der Waals surface area (Å²) in [6.07, 6.45) is 2.75. The van der Waals surface area contributed by atoms with Gasteiger partial charge >= 0.3 is 0 Å². The van der Waals surface area contributed by atoms with Crippen LogP contribution >= 0.6 is 0 Å². The summed E-state index contributed by atoms with van der Waals surface area (Å²) in [4.78, 5) is 16.0. The third-order valence-corrected chi connectivity index (χ3v) is 10.6. The van der Waals surface area contributed by atoms with Gasteiger partial charge in [-0.1, -0.05) is 38.5 Å². The first-order chi connectivity index (χ1) is 18.1. The highest BCUT2D eigenvalue weighted by Crippen LogP contribution is 2.33. The summed E-state index contributed by atoms with van der Waals surface area (Å²) in [7, 11) is -3.67. The van der Waals surface area contributed by atoms with Gasteiger partial charge in [-0.2, -0.15) is 4.72 Å². The molecule has 4 N–H and O–H groups in total. The zero-order valence-electron chi connectivity index (χ0n) is 23.2. The van der Waals surface area contributed by atoms with E-state index >= 15 is 0 Å². The maximum absolute atomic E-state index is 14.0. The zero-order valence-corrected chi connectivity index (χ0v) is 24.0. The van der Waals surface area contributed by atoms with Crippen LogP contribution in [0.4, 0.5) is 0 Å². The summed E-state index contributed by atoms with van der Waals surface area (Å²) in [5.74, 6) is 0.266. The third-order valence-electron chi connectivity index (χ3n) is 8.73. The lowest BCUT2D eigenvalue weighted by atomic mass is 9.87. The minimum atomic E-state index is -3.67. The highest BCUT2D eigenvalue weighted by atomic mass is 32.2.